The van der Waals surface area contributed by atoms with Crippen LogP contribution in [0.15, 0.2) is 36.4 Å². The largest absolute Gasteiger partial charge is 0.502 e. The molecule has 0 heterocycles. The summed E-state index contributed by atoms with van der Waals surface area (Å²) in [6.07, 6.45) is 0. The van der Waals surface area contributed by atoms with Gasteiger partial charge in [0.2, 0.25) is 11.5 Å². The fraction of sp³-hybridized carbons (Fsp3) is 0.471. The number of ether oxygens (including phenoxy) is 2. The Morgan fingerprint density at radius 1 is 0.545 bits per heavy atom. The molecule has 0 atom stereocenters. The third-order valence-electron chi connectivity index (χ3n) is 7.24. The highest BCUT2D eigenvalue weighted by Crippen LogP contribution is 2.51. The van der Waals surface area contributed by atoms with Gasteiger partial charge >= 0.3 is 11.4 Å². The summed E-state index contributed by atoms with van der Waals surface area (Å²) >= 11 is 0. The molecule has 0 unspecified atom stereocenters. The van der Waals surface area contributed by atoms with E-state index in [4.69, 9.17) is 9.47 Å². The van der Waals surface area contributed by atoms with Gasteiger partial charge in [-0.2, -0.15) is 0 Å². The summed E-state index contributed by atoms with van der Waals surface area (Å²) in [5, 5.41) is 46.3. The molecule has 0 fully saturated rings. The van der Waals surface area contributed by atoms with E-state index in [1.165, 1.54) is 0 Å². The van der Waals surface area contributed by atoms with Crippen molar-refractivity contribution in [3.63, 3.8) is 0 Å². The minimum Gasteiger partial charge on any atom is -0.502 e. The van der Waals surface area contributed by atoms with Crippen molar-refractivity contribution in [3.8, 4) is 34.5 Å². The van der Waals surface area contributed by atoms with Gasteiger partial charge in [-0.05, 0) is 58.1 Å². The molecule has 0 amide bonds. The number of benzene rings is 3. The molecule has 10 heteroatoms. The summed E-state index contributed by atoms with van der Waals surface area (Å²) in [6.45, 7) is 22.0. The number of hydrogen-bond donors (Lipinski definition) is 2. The predicted molar refractivity (Wildman–Crippen MR) is 171 cm³/mol. The number of phenols is 2. The van der Waals surface area contributed by atoms with Crippen molar-refractivity contribution in [1.29, 1.82) is 0 Å². The van der Waals surface area contributed by atoms with Crippen molar-refractivity contribution in [2.45, 2.75) is 105 Å². The molecule has 0 bridgehead atoms. The van der Waals surface area contributed by atoms with E-state index in [1.54, 1.807) is 36.4 Å². The minimum absolute atomic E-state index is 0.296. The number of nitrogens with zero attached hydrogens (tertiary/aromatic N) is 2. The van der Waals surface area contributed by atoms with Gasteiger partial charge in [0.1, 0.15) is 23.0 Å². The first-order chi connectivity index (χ1) is 19.9. The molecule has 238 valence electrons. The second-order valence-corrected chi connectivity index (χ2v) is 15.2. The first kappa shape index (κ1) is 34.2. The Labute approximate surface area is 259 Å². The average molecular weight is 609 g/mol. The minimum atomic E-state index is -0.685. The van der Waals surface area contributed by atoms with Crippen molar-refractivity contribution >= 4 is 11.4 Å². The van der Waals surface area contributed by atoms with E-state index in [1.807, 2.05) is 83.1 Å². The Kier molecular flexibility index (Phi) is 8.77. The van der Waals surface area contributed by atoms with Crippen molar-refractivity contribution in [1.82, 2.24) is 0 Å². The quantitative estimate of drug-likeness (QED) is 0.208. The van der Waals surface area contributed by atoms with E-state index in [0.29, 0.717) is 45.3 Å². The number of nitro benzene ring substituents is 2. The molecule has 10 nitrogen and oxygen atoms in total. The van der Waals surface area contributed by atoms with Crippen LogP contribution in [0.5, 0.6) is 34.5 Å². The Morgan fingerprint density at radius 3 is 1.02 bits per heavy atom. The van der Waals surface area contributed by atoms with E-state index in [0.717, 1.165) is 0 Å². The first-order valence-electron chi connectivity index (χ1n) is 14.4. The van der Waals surface area contributed by atoms with Crippen LogP contribution in [-0.4, -0.2) is 20.1 Å². The maximum absolute atomic E-state index is 12.0. The summed E-state index contributed by atoms with van der Waals surface area (Å²) < 4.78 is 12.5. The van der Waals surface area contributed by atoms with Gasteiger partial charge in [-0.1, -0.05) is 83.1 Å². The maximum Gasteiger partial charge on any atom is 0.314 e. The molecule has 0 aromatic heterocycles. The fourth-order valence-electron chi connectivity index (χ4n) is 5.22. The SMILES string of the molecule is CC(C)(C)c1cc(Oc2ccc(Oc3cc(C(C)(C)C)c([N+](=O)[O-])c(O)c3C(C)(C)C)cc2)c(C(C)(C)C)c(O)c1[N+](=O)[O-]. The average Bonchev–Trinajstić information content (AvgIpc) is 2.81. The number of rotatable bonds is 6. The van der Waals surface area contributed by atoms with Crippen molar-refractivity contribution in [3.05, 3.63) is 78.9 Å². The van der Waals surface area contributed by atoms with Crippen LogP contribution in [0.25, 0.3) is 0 Å². The van der Waals surface area contributed by atoms with Crippen LogP contribution >= 0.6 is 0 Å². The zero-order valence-electron chi connectivity index (χ0n) is 27.7. The lowest BCUT2D eigenvalue weighted by atomic mass is 9.79. The number of aromatic hydroxyl groups is 2. The lowest BCUT2D eigenvalue weighted by molar-refractivity contribution is -0.387. The highest BCUT2D eigenvalue weighted by Gasteiger charge is 2.38. The van der Waals surface area contributed by atoms with Gasteiger partial charge in [0.15, 0.2) is 0 Å². The van der Waals surface area contributed by atoms with Gasteiger partial charge in [-0.3, -0.25) is 20.2 Å². The highest BCUT2D eigenvalue weighted by atomic mass is 16.6. The molecule has 3 aromatic rings. The van der Waals surface area contributed by atoms with Crippen LogP contribution in [0.4, 0.5) is 11.4 Å². The molecule has 0 saturated carbocycles. The maximum atomic E-state index is 12.0. The molecule has 2 N–H and O–H groups in total. The topological polar surface area (TPSA) is 145 Å². The van der Waals surface area contributed by atoms with E-state index < -0.39 is 43.0 Å². The molecule has 0 radical (unpaired) electrons. The van der Waals surface area contributed by atoms with Gasteiger partial charge in [0, 0.05) is 22.3 Å². The molecule has 0 aliphatic carbocycles. The number of hydrogen-bond acceptors (Lipinski definition) is 8. The van der Waals surface area contributed by atoms with E-state index in [9.17, 15) is 30.4 Å². The Bertz CT molecular complexity index is 1480. The lowest BCUT2D eigenvalue weighted by Gasteiger charge is -2.28. The van der Waals surface area contributed by atoms with Gasteiger partial charge in [-0.15, -0.1) is 0 Å². The van der Waals surface area contributed by atoms with E-state index >= 15 is 0 Å². The number of nitro groups is 2. The summed E-state index contributed by atoms with van der Waals surface area (Å²) in [7, 11) is 0. The highest BCUT2D eigenvalue weighted by molar-refractivity contribution is 5.67. The summed E-state index contributed by atoms with van der Waals surface area (Å²) in [6, 6.07) is 9.86. The van der Waals surface area contributed by atoms with Gasteiger partial charge in [0.05, 0.1) is 9.85 Å². The predicted octanol–water partition coefficient (Wildman–Crippen LogP) is 9.69. The zero-order chi connectivity index (χ0) is 33.7. The van der Waals surface area contributed by atoms with Crippen LogP contribution in [0, 0.1) is 20.2 Å². The second kappa shape index (κ2) is 11.3. The molecule has 3 aromatic carbocycles. The normalized spacial score (nSPS) is 12.6. The van der Waals surface area contributed by atoms with Gasteiger partial charge < -0.3 is 19.7 Å². The Balaban J connectivity index is 2.13. The van der Waals surface area contributed by atoms with Crippen LogP contribution in [-0.2, 0) is 21.7 Å². The standard InChI is InChI=1S/C34H44N2O8/c1-31(2,3)21-17-23(25(33(7,8)9)29(37)27(21)35(39)40)43-19-13-15-20(16-14-19)44-24-18-22(32(4,5)6)28(36(41)42)30(38)26(24)34(10,11)12/h13-18,37-38H,1-12H3. The van der Waals surface area contributed by atoms with Crippen LogP contribution < -0.4 is 9.47 Å². The summed E-state index contributed by atoms with van der Waals surface area (Å²) in [4.78, 5) is 22.9. The Morgan fingerprint density at radius 2 is 0.818 bits per heavy atom. The third kappa shape index (κ3) is 6.90. The van der Waals surface area contributed by atoms with Crippen LogP contribution in [0.2, 0.25) is 0 Å². The molecular weight excluding hydrogens is 564 g/mol. The molecule has 3 rings (SSSR count). The molecule has 44 heavy (non-hydrogen) atoms. The third-order valence-corrected chi connectivity index (χ3v) is 7.24. The van der Waals surface area contributed by atoms with Gasteiger partial charge in [0.25, 0.3) is 0 Å². The molecule has 0 saturated heterocycles. The summed E-state index contributed by atoms with van der Waals surface area (Å²) in [5.41, 5.74) is -2.06. The van der Waals surface area contributed by atoms with Crippen LogP contribution in [0.1, 0.15) is 105 Å². The van der Waals surface area contributed by atoms with E-state index in [-0.39, 0.29) is 11.4 Å². The van der Waals surface area contributed by atoms with Crippen molar-refractivity contribution in [2.75, 3.05) is 0 Å². The van der Waals surface area contributed by atoms with Crippen molar-refractivity contribution in [2.24, 2.45) is 0 Å². The van der Waals surface area contributed by atoms with E-state index in [2.05, 4.69) is 0 Å². The fourth-order valence-corrected chi connectivity index (χ4v) is 5.22. The van der Waals surface area contributed by atoms with Crippen molar-refractivity contribution < 1.29 is 29.5 Å². The first-order valence-corrected chi connectivity index (χ1v) is 14.4. The monoisotopic (exact) mass is 608 g/mol. The zero-order valence-corrected chi connectivity index (χ0v) is 27.7. The molecule has 0 aliphatic rings. The molecular formula is C34H44N2O8. The molecule has 0 spiro atoms. The Hall–Kier alpha value is -4.34. The number of phenolic OH excluding ortho intramolecular Hbond substituents is 2. The van der Waals surface area contributed by atoms with Gasteiger partial charge in [-0.25, -0.2) is 0 Å². The smallest absolute Gasteiger partial charge is 0.314 e. The summed E-state index contributed by atoms with van der Waals surface area (Å²) in [5.74, 6) is 0.538. The molecule has 0 aliphatic heterocycles. The second-order valence-electron chi connectivity index (χ2n) is 15.2. The van der Waals surface area contributed by atoms with Crippen LogP contribution in [0.3, 0.4) is 0 Å². The lowest BCUT2D eigenvalue weighted by Crippen LogP contribution is -2.19.